The van der Waals surface area contributed by atoms with E-state index in [2.05, 4.69) is 23.7 Å². The molecule has 1 amide bonds. The Labute approximate surface area is 162 Å². The zero-order valence-electron chi connectivity index (χ0n) is 15.0. The second kappa shape index (κ2) is 7.68. The molecule has 4 nitrogen and oxygen atoms in total. The summed E-state index contributed by atoms with van der Waals surface area (Å²) in [7, 11) is 0. The molecular formula is C22H20N2O2S. The van der Waals surface area contributed by atoms with Crippen molar-refractivity contribution in [2.45, 2.75) is 20.1 Å². The van der Waals surface area contributed by atoms with Crippen molar-refractivity contribution in [3.8, 4) is 5.75 Å². The highest BCUT2D eigenvalue weighted by Gasteiger charge is 2.15. The predicted molar refractivity (Wildman–Crippen MR) is 111 cm³/mol. The summed E-state index contributed by atoms with van der Waals surface area (Å²) in [6.07, 6.45) is 0. The lowest BCUT2D eigenvalue weighted by molar-refractivity contribution is 0.101. The molecule has 0 aliphatic heterocycles. The van der Waals surface area contributed by atoms with Crippen molar-refractivity contribution in [2.75, 3.05) is 5.32 Å². The maximum absolute atomic E-state index is 12.8. The van der Waals surface area contributed by atoms with E-state index in [0.29, 0.717) is 12.3 Å². The van der Waals surface area contributed by atoms with Gasteiger partial charge in [0, 0.05) is 12.2 Å². The molecule has 0 atom stereocenters. The van der Waals surface area contributed by atoms with Crippen molar-refractivity contribution in [3.05, 3.63) is 83.4 Å². The number of nitrogens with one attached hydrogen (secondary N) is 1. The highest BCUT2D eigenvalue weighted by molar-refractivity contribution is 7.17. The molecular weight excluding hydrogens is 356 g/mol. The Morgan fingerprint density at radius 3 is 2.74 bits per heavy atom. The van der Waals surface area contributed by atoms with Gasteiger partial charge in [-0.2, -0.15) is 0 Å². The van der Waals surface area contributed by atoms with Crippen molar-refractivity contribution in [3.63, 3.8) is 0 Å². The SMILES string of the molecule is CCn1c(C(=O)Nc2cccc(COc3ccccc3)c2)cc2sccc21. The van der Waals surface area contributed by atoms with Crippen LogP contribution in [0.2, 0.25) is 0 Å². The molecule has 0 saturated carbocycles. The van der Waals surface area contributed by atoms with Gasteiger partial charge in [-0.3, -0.25) is 4.79 Å². The molecule has 0 radical (unpaired) electrons. The maximum Gasteiger partial charge on any atom is 0.272 e. The molecule has 4 aromatic rings. The summed E-state index contributed by atoms with van der Waals surface area (Å²) in [5.74, 6) is 0.731. The highest BCUT2D eigenvalue weighted by atomic mass is 32.1. The van der Waals surface area contributed by atoms with E-state index in [1.165, 1.54) is 0 Å². The number of rotatable bonds is 6. The van der Waals surface area contributed by atoms with Crippen molar-refractivity contribution in [2.24, 2.45) is 0 Å². The molecule has 0 saturated heterocycles. The molecule has 2 aromatic carbocycles. The zero-order chi connectivity index (χ0) is 18.6. The van der Waals surface area contributed by atoms with Gasteiger partial charge in [-0.1, -0.05) is 30.3 Å². The van der Waals surface area contributed by atoms with Gasteiger partial charge in [-0.05, 0) is 54.3 Å². The third kappa shape index (κ3) is 3.73. The van der Waals surface area contributed by atoms with Crippen LogP contribution in [-0.2, 0) is 13.2 Å². The Bertz CT molecular complexity index is 1070. The minimum atomic E-state index is -0.0959. The smallest absolute Gasteiger partial charge is 0.272 e. The van der Waals surface area contributed by atoms with Crippen LogP contribution < -0.4 is 10.1 Å². The fraction of sp³-hybridized carbons (Fsp3) is 0.136. The second-order valence-electron chi connectivity index (χ2n) is 6.20. The number of anilines is 1. The average molecular weight is 376 g/mol. The first-order valence-corrected chi connectivity index (χ1v) is 9.77. The Hall–Kier alpha value is -3.05. The topological polar surface area (TPSA) is 43.3 Å². The van der Waals surface area contributed by atoms with Crippen LogP contribution in [0.5, 0.6) is 5.75 Å². The number of aromatic nitrogens is 1. The van der Waals surface area contributed by atoms with E-state index in [9.17, 15) is 4.79 Å². The molecule has 0 aliphatic carbocycles. The standard InChI is InChI=1S/C22H20N2O2S/c1-2-24-19-11-12-27-21(19)14-20(24)22(25)23-17-8-6-7-16(13-17)15-26-18-9-4-3-5-10-18/h3-14H,2,15H2,1H3,(H,23,25). The summed E-state index contributed by atoms with van der Waals surface area (Å²) >= 11 is 1.65. The summed E-state index contributed by atoms with van der Waals surface area (Å²) in [6, 6.07) is 21.5. The largest absolute Gasteiger partial charge is 0.489 e. The summed E-state index contributed by atoms with van der Waals surface area (Å²) in [6.45, 7) is 3.26. The van der Waals surface area contributed by atoms with Crippen molar-refractivity contribution >= 4 is 33.1 Å². The van der Waals surface area contributed by atoms with Crippen LogP contribution >= 0.6 is 11.3 Å². The van der Waals surface area contributed by atoms with Crippen LogP contribution in [0.25, 0.3) is 10.2 Å². The van der Waals surface area contributed by atoms with Crippen LogP contribution in [0.3, 0.4) is 0 Å². The van der Waals surface area contributed by atoms with Gasteiger partial charge in [0.1, 0.15) is 18.1 Å². The molecule has 0 spiro atoms. The Morgan fingerprint density at radius 1 is 1.07 bits per heavy atom. The Morgan fingerprint density at radius 2 is 1.93 bits per heavy atom. The first kappa shape index (κ1) is 17.4. The minimum Gasteiger partial charge on any atom is -0.489 e. The summed E-state index contributed by atoms with van der Waals surface area (Å²) in [4.78, 5) is 12.8. The van der Waals surface area contributed by atoms with Crippen LogP contribution in [0.15, 0.2) is 72.1 Å². The second-order valence-corrected chi connectivity index (χ2v) is 7.15. The number of benzene rings is 2. The van der Waals surface area contributed by atoms with Gasteiger partial charge < -0.3 is 14.6 Å². The third-order valence-electron chi connectivity index (χ3n) is 4.41. The van der Waals surface area contributed by atoms with E-state index in [1.54, 1.807) is 11.3 Å². The number of thiophene rings is 1. The number of carbonyl (C=O) groups is 1. The number of nitrogens with zero attached hydrogens (tertiary/aromatic N) is 1. The number of para-hydroxylation sites is 1. The van der Waals surface area contributed by atoms with Gasteiger partial charge in [0.25, 0.3) is 5.91 Å². The lowest BCUT2D eigenvalue weighted by Crippen LogP contribution is -2.16. The number of fused-ring (bicyclic) bond motifs is 1. The molecule has 0 fully saturated rings. The summed E-state index contributed by atoms with van der Waals surface area (Å²) in [5.41, 5.74) is 3.56. The van der Waals surface area contributed by atoms with Crippen molar-refractivity contribution in [1.82, 2.24) is 4.57 Å². The van der Waals surface area contributed by atoms with Gasteiger partial charge in [0.05, 0.1) is 10.2 Å². The highest BCUT2D eigenvalue weighted by Crippen LogP contribution is 2.26. The third-order valence-corrected chi connectivity index (χ3v) is 5.26. The molecule has 2 heterocycles. The van der Waals surface area contributed by atoms with Crippen LogP contribution in [-0.4, -0.2) is 10.5 Å². The van der Waals surface area contributed by atoms with E-state index in [1.807, 2.05) is 65.2 Å². The minimum absolute atomic E-state index is 0.0959. The molecule has 0 bridgehead atoms. The van der Waals surface area contributed by atoms with E-state index < -0.39 is 0 Å². The average Bonchev–Trinajstić information content (AvgIpc) is 3.28. The monoisotopic (exact) mass is 376 g/mol. The van der Waals surface area contributed by atoms with E-state index in [-0.39, 0.29) is 5.91 Å². The first-order chi connectivity index (χ1) is 13.2. The lowest BCUT2D eigenvalue weighted by Gasteiger charge is -2.10. The Kier molecular flexibility index (Phi) is 4.94. The van der Waals surface area contributed by atoms with E-state index in [0.717, 1.165) is 33.8 Å². The number of carbonyl (C=O) groups excluding carboxylic acids is 1. The van der Waals surface area contributed by atoms with Gasteiger partial charge in [-0.15, -0.1) is 11.3 Å². The molecule has 5 heteroatoms. The summed E-state index contributed by atoms with van der Waals surface area (Å²) < 4.78 is 8.96. The van der Waals surface area contributed by atoms with Crippen LogP contribution in [0.1, 0.15) is 23.0 Å². The zero-order valence-corrected chi connectivity index (χ0v) is 15.8. The molecule has 2 aromatic heterocycles. The predicted octanol–water partition coefficient (Wildman–Crippen LogP) is 5.55. The Balaban J connectivity index is 1.48. The quantitative estimate of drug-likeness (QED) is 0.479. The molecule has 4 rings (SSSR count). The van der Waals surface area contributed by atoms with E-state index in [4.69, 9.17) is 4.74 Å². The van der Waals surface area contributed by atoms with Gasteiger partial charge in [0.15, 0.2) is 0 Å². The number of aryl methyl sites for hydroxylation is 1. The van der Waals surface area contributed by atoms with Crippen molar-refractivity contribution < 1.29 is 9.53 Å². The fourth-order valence-electron chi connectivity index (χ4n) is 3.12. The van der Waals surface area contributed by atoms with Gasteiger partial charge in [0.2, 0.25) is 0 Å². The fourth-order valence-corrected chi connectivity index (χ4v) is 3.95. The van der Waals surface area contributed by atoms with Gasteiger partial charge in [-0.25, -0.2) is 0 Å². The lowest BCUT2D eigenvalue weighted by atomic mass is 10.2. The van der Waals surface area contributed by atoms with Crippen LogP contribution in [0.4, 0.5) is 5.69 Å². The molecule has 136 valence electrons. The van der Waals surface area contributed by atoms with E-state index >= 15 is 0 Å². The first-order valence-electron chi connectivity index (χ1n) is 8.89. The number of ether oxygens (including phenoxy) is 1. The number of hydrogen-bond donors (Lipinski definition) is 1. The number of amides is 1. The van der Waals surface area contributed by atoms with Crippen LogP contribution in [0, 0.1) is 0 Å². The summed E-state index contributed by atoms with van der Waals surface area (Å²) in [5, 5.41) is 5.06. The molecule has 0 aliphatic rings. The van der Waals surface area contributed by atoms with Crippen molar-refractivity contribution in [1.29, 1.82) is 0 Å². The normalized spacial score (nSPS) is 10.9. The maximum atomic E-state index is 12.8. The molecule has 1 N–H and O–H groups in total. The number of hydrogen-bond acceptors (Lipinski definition) is 3. The molecule has 27 heavy (non-hydrogen) atoms. The molecule has 0 unspecified atom stereocenters. The van der Waals surface area contributed by atoms with Gasteiger partial charge >= 0.3 is 0 Å².